The average molecular weight is 297 g/mol. The lowest BCUT2D eigenvalue weighted by atomic mass is 9.98. The van der Waals surface area contributed by atoms with Crippen molar-refractivity contribution >= 4 is 10.8 Å². The van der Waals surface area contributed by atoms with Gasteiger partial charge in [-0.1, -0.05) is 44.5 Å². The molecule has 1 aliphatic heterocycles. The SMILES string of the molecule is CC(C)c1cc2ccccc2cc1OCCN1CCCCC1. The van der Waals surface area contributed by atoms with Crippen LogP contribution in [0.15, 0.2) is 36.4 Å². The molecule has 0 aliphatic carbocycles. The van der Waals surface area contributed by atoms with Crippen LogP contribution >= 0.6 is 0 Å². The monoisotopic (exact) mass is 297 g/mol. The summed E-state index contributed by atoms with van der Waals surface area (Å²) in [6.45, 7) is 8.78. The molecule has 0 radical (unpaired) electrons. The molecule has 118 valence electrons. The van der Waals surface area contributed by atoms with Gasteiger partial charge in [0.25, 0.3) is 0 Å². The van der Waals surface area contributed by atoms with Gasteiger partial charge in [0.15, 0.2) is 0 Å². The molecule has 1 aliphatic rings. The lowest BCUT2D eigenvalue weighted by Gasteiger charge is -2.26. The van der Waals surface area contributed by atoms with Crippen molar-refractivity contribution in [3.05, 3.63) is 42.0 Å². The molecule has 0 saturated carbocycles. The molecule has 0 unspecified atom stereocenters. The summed E-state index contributed by atoms with van der Waals surface area (Å²) in [7, 11) is 0. The molecule has 1 heterocycles. The van der Waals surface area contributed by atoms with E-state index in [1.807, 2.05) is 0 Å². The Balaban J connectivity index is 1.72. The number of piperidine rings is 1. The summed E-state index contributed by atoms with van der Waals surface area (Å²) in [5, 5.41) is 2.56. The maximum Gasteiger partial charge on any atom is 0.123 e. The van der Waals surface area contributed by atoms with Gasteiger partial charge < -0.3 is 4.74 Å². The van der Waals surface area contributed by atoms with Crippen LogP contribution < -0.4 is 4.74 Å². The van der Waals surface area contributed by atoms with Gasteiger partial charge in [0.05, 0.1) is 0 Å². The third kappa shape index (κ3) is 3.61. The fourth-order valence-corrected chi connectivity index (χ4v) is 3.28. The Morgan fingerprint density at radius 2 is 1.68 bits per heavy atom. The molecule has 22 heavy (non-hydrogen) atoms. The zero-order chi connectivity index (χ0) is 15.4. The van der Waals surface area contributed by atoms with Crippen LogP contribution in [-0.2, 0) is 0 Å². The van der Waals surface area contributed by atoms with Crippen LogP contribution in [0.3, 0.4) is 0 Å². The van der Waals surface area contributed by atoms with Crippen molar-refractivity contribution in [2.45, 2.75) is 39.0 Å². The van der Waals surface area contributed by atoms with Gasteiger partial charge in [-0.05, 0) is 60.3 Å². The summed E-state index contributed by atoms with van der Waals surface area (Å²) in [6, 6.07) is 13.0. The molecule has 0 spiro atoms. The van der Waals surface area contributed by atoms with Crippen molar-refractivity contribution in [1.29, 1.82) is 0 Å². The van der Waals surface area contributed by atoms with Gasteiger partial charge in [-0.3, -0.25) is 4.90 Å². The summed E-state index contributed by atoms with van der Waals surface area (Å²) >= 11 is 0. The fourth-order valence-electron chi connectivity index (χ4n) is 3.28. The number of rotatable bonds is 5. The van der Waals surface area contributed by atoms with Crippen molar-refractivity contribution in [3.63, 3.8) is 0 Å². The predicted molar refractivity (Wildman–Crippen MR) is 93.8 cm³/mol. The Morgan fingerprint density at radius 3 is 2.36 bits per heavy atom. The van der Waals surface area contributed by atoms with E-state index in [0.717, 1.165) is 18.9 Å². The maximum atomic E-state index is 6.17. The Labute approximate surface area is 134 Å². The number of likely N-dealkylation sites (tertiary alicyclic amines) is 1. The Hall–Kier alpha value is -1.54. The highest BCUT2D eigenvalue weighted by Gasteiger charge is 2.12. The molecule has 0 aromatic heterocycles. The van der Waals surface area contributed by atoms with Crippen molar-refractivity contribution in [2.24, 2.45) is 0 Å². The van der Waals surface area contributed by atoms with E-state index < -0.39 is 0 Å². The normalized spacial score (nSPS) is 16.3. The topological polar surface area (TPSA) is 12.5 Å². The average Bonchev–Trinajstić information content (AvgIpc) is 2.55. The first-order valence-electron chi connectivity index (χ1n) is 8.62. The van der Waals surface area contributed by atoms with Crippen LogP contribution in [-0.4, -0.2) is 31.1 Å². The Morgan fingerprint density at radius 1 is 1.00 bits per heavy atom. The van der Waals surface area contributed by atoms with E-state index >= 15 is 0 Å². The zero-order valence-electron chi connectivity index (χ0n) is 13.8. The second-order valence-corrected chi connectivity index (χ2v) is 6.64. The molecular formula is C20H27NO. The number of nitrogens with zero attached hydrogens (tertiary/aromatic N) is 1. The summed E-state index contributed by atoms with van der Waals surface area (Å²) in [6.07, 6.45) is 4.07. The van der Waals surface area contributed by atoms with E-state index in [2.05, 4.69) is 55.1 Å². The van der Waals surface area contributed by atoms with E-state index in [1.54, 1.807) is 0 Å². The molecule has 2 heteroatoms. The first kappa shape index (κ1) is 15.4. The molecular weight excluding hydrogens is 270 g/mol. The van der Waals surface area contributed by atoms with Gasteiger partial charge in [-0.25, -0.2) is 0 Å². The standard InChI is InChI=1S/C20H27NO/c1-16(2)19-14-17-8-4-5-9-18(17)15-20(19)22-13-12-21-10-6-3-7-11-21/h4-5,8-9,14-16H,3,6-7,10-13H2,1-2H3. The van der Waals surface area contributed by atoms with Crippen molar-refractivity contribution in [1.82, 2.24) is 4.90 Å². The van der Waals surface area contributed by atoms with Crippen molar-refractivity contribution < 1.29 is 4.74 Å². The second kappa shape index (κ2) is 7.15. The number of hydrogen-bond donors (Lipinski definition) is 0. The first-order valence-corrected chi connectivity index (χ1v) is 8.62. The van der Waals surface area contributed by atoms with Crippen LogP contribution in [0.25, 0.3) is 10.8 Å². The summed E-state index contributed by atoms with van der Waals surface area (Å²) in [5.41, 5.74) is 1.32. The predicted octanol–water partition coefficient (Wildman–Crippen LogP) is 4.83. The molecule has 0 N–H and O–H groups in total. The number of benzene rings is 2. The largest absolute Gasteiger partial charge is 0.492 e. The van der Waals surface area contributed by atoms with Crippen LogP contribution in [0.5, 0.6) is 5.75 Å². The van der Waals surface area contributed by atoms with E-state index in [0.29, 0.717) is 5.92 Å². The lowest BCUT2D eigenvalue weighted by Crippen LogP contribution is -2.33. The van der Waals surface area contributed by atoms with Crippen LogP contribution in [0.2, 0.25) is 0 Å². The molecule has 0 amide bonds. The number of fused-ring (bicyclic) bond motifs is 1. The Bertz CT molecular complexity index is 614. The summed E-state index contributed by atoms with van der Waals surface area (Å²) < 4.78 is 6.17. The van der Waals surface area contributed by atoms with Gasteiger partial charge >= 0.3 is 0 Å². The highest BCUT2D eigenvalue weighted by atomic mass is 16.5. The third-order valence-electron chi connectivity index (χ3n) is 4.61. The minimum Gasteiger partial charge on any atom is -0.492 e. The van der Waals surface area contributed by atoms with E-state index in [9.17, 15) is 0 Å². The second-order valence-electron chi connectivity index (χ2n) is 6.64. The highest BCUT2D eigenvalue weighted by molar-refractivity contribution is 5.85. The molecule has 0 atom stereocenters. The van der Waals surface area contributed by atoms with Crippen molar-refractivity contribution in [3.8, 4) is 5.75 Å². The fraction of sp³-hybridized carbons (Fsp3) is 0.500. The van der Waals surface area contributed by atoms with Crippen LogP contribution in [0.4, 0.5) is 0 Å². The van der Waals surface area contributed by atoms with Gasteiger partial charge in [0.1, 0.15) is 12.4 Å². The molecule has 0 bridgehead atoms. The van der Waals surface area contributed by atoms with Gasteiger partial charge in [0.2, 0.25) is 0 Å². The molecule has 2 nitrogen and oxygen atoms in total. The molecule has 2 aromatic rings. The van der Waals surface area contributed by atoms with Gasteiger partial charge in [-0.15, -0.1) is 0 Å². The number of hydrogen-bond acceptors (Lipinski definition) is 2. The molecule has 2 aromatic carbocycles. The molecule has 3 rings (SSSR count). The third-order valence-corrected chi connectivity index (χ3v) is 4.61. The van der Waals surface area contributed by atoms with E-state index in [1.165, 1.54) is 48.7 Å². The minimum atomic E-state index is 0.481. The molecule has 1 saturated heterocycles. The van der Waals surface area contributed by atoms with E-state index in [4.69, 9.17) is 4.74 Å². The highest BCUT2D eigenvalue weighted by Crippen LogP contribution is 2.31. The van der Waals surface area contributed by atoms with Crippen molar-refractivity contribution in [2.75, 3.05) is 26.2 Å². The number of ether oxygens (including phenoxy) is 1. The Kier molecular flexibility index (Phi) is 4.99. The summed E-state index contributed by atoms with van der Waals surface area (Å²) in [4.78, 5) is 2.53. The van der Waals surface area contributed by atoms with Crippen LogP contribution in [0, 0.1) is 0 Å². The first-order chi connectivity index (χ1) is 10.7. The summed E-state index contributed by atoms with van der Waals surface area (Å²) in [5.74, 6) is 1.54. The molecule has 1 fully saturated rings. The maximum absolute atomic E-state index is 6.17. The smallest absolute Gasteiger partial charge is 0.123 e. The zero-order valence-corrected chi connectivity index (χ0v) is 13.8. The van der Waals surface area contributed by atoms with Gasteiger partial charge in [-0.2, -0.15) is 0 Å². The lowest BCUT2D eigenvalue weighted by molar-refractivity contribution is 0.182. The minimum absolute atomic E-state index is 0.481. The quantitative estimate of drug-likeness (QED) is 0.784. The van der Waals surface area contributed by atoms with Crippen LogP contribution in [0.1, 0.15) is 44.6 Å². The van der Waals surface area contributed by atoms with E-state index in [-0.39, 0.29) is 0 Å². The van der Waals surface area contributed by atoms with Gasteiger partial charge in [0, 0.05) is 6.54 Å².